The van der Waals surface area contributed by atoms with E-state index in [9.17, 15) is 26.3 Å². The Balaban J connectivity index is 1.30. The first kappa shape index (κ1) is 30.5. The fourth-order valence-corrected chi connectivity index (χ4v) is 8.17. The molecule has 6 nitrogen and oxygen atoms in total. The lowest BCUT2D eigenvalue weighted by molar-refractivity contribution is -0.287. The molecule has 1 aliphatic rings. The fourth-order valence-electron chi connectivity index (χ4n) is 4.95. The third-order valence-corrected chi connectivity index (χ3v) is 10.5. The van der Waals surface area contributed by atoms with Crippen LogP contribution in [0.4, 0.5) is 37.7 Å². The highest BCUT2D eigenvalue weighted by atomic mass is 32.1. The first-order chi connectivity index (χ1) is 21.8. The normalized spacial score (nSPS) is 12.9. The second kappa shape index (κ2) is 11.3. The van der Waals surface area contributed by atoms with Crippen molar-refractivity contribution in [2.24, 2.45) is 8.73 Å². The summed E-state index contributed by atoms with van der Waals surface area (Å²) in [5.74, 6) is -2.23. The number of hydrogen-bond donors (Lipinski definition) is 0. The van der Waals surface area contributed by atoms with Gasteiger partial charge in [-0.25, -0.2) is 0 Å². The van der Waals surface area contributed by atoms with E-state index in [4.69, 9.17) is 0 Å². The maximum atomic E-state index is 13.0. The first-order valence-electron chi connectivity index (χ1n) is 13.2. The predicted molar refractivity (Wildman–Crippen MR) is 169 cm³/mol. The molecule has 0 saturated heterocycles. The number of rotatable bonds is 6. The molecule has 0 amide bonds. The monoisotopic (exact) mass is 706 g/mol. The number of fused-ring (bicyclic) bond motifs is 2. The third kappa shape index (κ3) is 5.81. The van der Waals surface area contributed by atoms with Crippen molar-refractivity contribution in [2.45, 2.75) is 26.6 Å². The third-order valence-electron chi connectivity index (χ3n) is 7.10. The molecule has 16 heteroatoms. The van der Waals surface area contributed by atoms with Gasteiger partial charge in [0.25, 0.3) is 0 Å². The van der Waals surface area contributed by atoms with E-state index in [1.807, 2.05) is 6.07 Å². The molecule has 3 aromatic carbocycles. The van der Waals surface area contributed by atoms with Crippen LogP contribution in [0.1, 0.15) is 11.1 Å². The van der Waals surface area contributed by atoms with Gasteiger partial charge in [-0.1, -0.05) is 18.2 Å². The van der Waals surface area contributed by atoms with Crippen LogP contribution >= 0.6 is 34.4 Å². The Morgan fingerprint density at radius 1 is 0.565 bits per heavy atom. The number of aryl methyl sites for hydroxylation is 2. The number of hydrogen-bond acceptors (Lipinski definition) is 9. The predicted octanol–water partition coefficient (Wildman–Crippen LogP) is 11.6. The second-order valence-electron chi connectivity index (χ2n) is 10.1. The van der Waals surface area contributed by atoms with Crippen LogP contribution in [0.2, 0.25) is 0 Å². The highest BCUT2D eigenvalue weighted by Gasteiger charge is 2.37. The van der Waals surface area contributed by atoms with E-state index < -0.39 is 24.2 Å². The Morgan fingerprint density at radius 3 is 1.61 bits per heavy atom. The standard InChI is InChI=1S/C30H16F6N4O2S4/c1-13-3-4-15(11-14(13)2)19-7-9-21(43-19)23-25-27(39-45-37-25)24(28-26(23)38-46-40-28)22-10-8-20(44-22)16-5-6-17(41-29(31,32)33)18(12-16)42-30(34,35)36/h3-12H,1-2H3. The van der Waals surface area contributed by atoms with Crippen LogP contribution in [0.25, 0.3) is 52.8 Å². The van der Waals surface area contributed by atoms with Gasteiger partial charge in [-0.05, 0) is 78.6 Å². The van der Waals surface area contributed by atoms with Gasteiger partial charge in [-0.2, -0.15) is 17.5 Å². The van der Waals surface area contributed by atoms with Crippen molar-refractivity contribution in [1.29, 1.82) is 0 Å². The molecule has 0 spiro atoms. The van der Waals surface area contributed by atoms with E-state index in [-0.39, 0.29) is 5.56 Å². The van der Waals surface area contributed by atoms with Crippen molar-refractivity contribution in [3.8, 4) is 53.3 Å². The van der Waals surface area contributed by atoms with Gasteiger partial charge in [-0.15, -0.1) is 49.0 Å². The van der Waals surface area contributed by atoms with E-state index in [1.54, 1.807) is 23.5 Å². The number of ether oxygens (including phenoxy) is 2. The second-order valence-corrected chi connectivity index (χ2v) is 13.3. The first-order valence-corrected chi connectivity index (χ1v) is 16.3. The Bertz CT molecular complexity index is 2230. The average Bonchev–Trinajstić information content (AvgIpc) is 3.79. The van der Waals surface area contributed by atoms with Gasteiger partial charge in [0.2, 0.25) is 0 Å². The number of alkyl halides is 6. The molecule has 0 N–H and O–H groups in total. The zero-order valence-electron chi connectivity index (χ0n) is 23.3. The minimum Gasteiger partial charge on any atom is -0.402 e. The van der Waals surface area contributed by atoms with Gasteiger partial charge < -0.3 is 9.47 Å². The molecule has 46 heavy (non-hydrogen) atoms. The molecule has 0 radical (unpaired) electrons. The van der Waals surface area contributed by atoms with Crippen LogP contribution in [0.15, 0.2) is 69.4 Å². The molecule has 0 fully saturated rings. The Hall–Kier alpha value is -4.12. The van der Waals surface area contributed by atoms with Crippen LogP contribution in [0.5, 0.6) is 11.5 Å². The maximum absolute atomic E-state index is 13.0. The Kier molecular flexibility index (Phi) is 7.49. The number of nitrogens with zero attached hydrogens (tertiary/aromatic N) is 4. The summed E-state index contributed by atoms with van der Waals surface area (Å²) in [6.07, 6.45) is -10.4. The largest absolute Gasteiger partial charge is 0.573 e. The summed E-state index contributed by atoms with van der Waals surface area (Å²) in [6.45, 7) is 4.14. The molecule has 0 saturated carbocycles. The van der Waals surface area contributed by atoms with Crippen molar-refractivity contribution < 1.29 is 35.8 Å². The van der Waals surface area contributed by atoms with E-state index in [0.717, 1.165) is 56.1 Å². The van der Waals surface area contributed by atoms with Crippen molar-refractivity contribution >= 4 is 68.2 Å². The molecule has 0 atom stereocenters. The van der Waals surface area contributed by atoms with Crippen LogP contribution in [-0.2, 0) is 11.4 Å². The molecule has 3 aromatic heterocycles. The molecule has 1 aliphatic heterocycles. The lowest BCUT2D eigenvalue weighted by Crippen LogP contribution is -2.21. The molecule has 4 heterocycles. The molecule has 234 valence electrons. The number of thiophene rings is 2. The average molecular weight is 707 g/mol. The van der Waals surface area contributed by atoms with Gasteiger partial charge >= 0.3 is 12.7 Å². The lowest BCUT2D eigenvalue weighted by atomic mass is 10.0. The van der Waals surface area contributed by atoms with Gasteiger partial charge in [0.05, 0.1) is 23.1 Å². The van der Waals surface area contributed by atoms with Crippen LogP contribution in [-0.4, -0.2) is 21.5 Å². The summed E-state index contributed by atoms with van der Waals surface area (Å²) >= 11 is 4.88. The quantitative estimate of drug-likeness (QED) is 0.161. The molecule has 0 unspecified atom stereocenters. The Morgan fingerprint density at radius 2 is 1.07 bits per heavy atom. The minimum atomic E-state index is -5.24. The van der Waals surface area contributed by atoms with Crippen molar-refractivity contribution in [1.82, 2.24) is 8.75 Å². The van der Waals surface area contributed by atoms with E-state index >= 15 is 0 Å². The van der Waals surface area contributed by atoms with Gasteiger partial charge in [0.1, 0.15) is 22.4 Å². The molecule has 0 aliphatic carbocycles. The summed E-state index contributed by atoms with van der Waals surface area (Å²) in [7, 11) is 0. The molecule has 7 rings (SSSR count). The number of aromatic nitrogens is 2. The van der Waals surface area contributed by atoms with Crippen LogP contribution in [0.3, 0.4) is 0 Å². The zero-order valence-corrected chi connectivity index (χ0v) is 26.5. The lowest BCUT2D eigenvalue weighted by Gasteiger charge is -2.16. The maximum Gasteiger partial charge on any atom is 0.573 e. The zero-order chi connectivity index (χ0) is 32.4. The summed E-state index contributed by atoms with van der Waals surface area (Å²) in [4.78, 5) is 3.17. The van der Waals surface area contributed by atoms with Gasteiger partial charge in [0.15, 0.2) is 11.5 Å². The molecule has 0 bridgehead atoms. The van der Waals surface area contributed by atoms with Crippen LogP contribution in [0, 0.1) is 13.8 Å². The van der Waals surface area contributed by atoms with Gasteiger partial charge in [-0.3, -0.25) is 0 Å². The van der Waals surface area contributed by atoms with E-state index in [2.05, 4.69) is 65.1 Å². The van der Waals surface area contributed by atoms with Gasteiger partial charge in [0, 0.05) is 30.6 Å². The topological polar surface area (TPSA) is 69.0 Å². The fraction of sp³-hybridized carbons (Fsp3) is 0.133. The SMILES string of the molecule is Cc1ccc(-c2ccc(-c3c4c(c(-c5ccc(-c6ccc(OC(F)(F)F)c(OC(F)(F)F)c6)s5)c5nsnc35)N=S=N4)s2)cc1C. The summed E-state index contributed by atoms with van der Waals surface area (Å²) in [6, 6.07) is 16.7. The van der Waals surface area contributed by atoms with E-state index in [0.29, 0.717) is 37.7 Å². The number of halogens is 6. The van der Waals surface area contributed by atoms with Crippen molar-refractivity contribution in [3.05, 3.63) is 71.8 Å². The summed E-state index contributed by atoms with van der Waals surface area (Å²) in [5, 5.41) is 0. The van der Waals surface area contributed by atoms with E-state index in [1.165, 1.54) is 28.5 Å². The number of benzene rings is 3. The summed E-state index contributed by atoms with van der Waals surface area (Å²) in [5.41, 5.74) is 7.61. The highest BCUT2D eigenvalue weighted by Crippen LogP contribution is 2.55. The minimum absolute atomic E-state index is 0.194. The molecule has 6 aromatic rings. The highest BCUT2D eigenvalue weighted by molar-refractivity contribution is 7.58. The van der Waals surface area contributed by atoms with Crippen LogP contribution < -0.4 is 9.47 Å². The van der Waals surface area contributed by atoms with Crippen molar-refractivity contribution in [2.75, 3.05) is 0 Å². The smallest absolute Gasteiger partial charge is 0.402 e. The molecular weight excluding hydrogens is 691 g/mol. The Labute approximate surface area is 272 Å². The summed E-state index contributed by atoms with van der Waals surface area (Å²) < 4.78 is 104. The van der Waals surface area contributed by atoms with Crippen molar-refractivity contribution in [3.63, 3.8) is 0 Å². The molecular formula is C30H16F6N4O2S4.